The van der Waals surface area contributed by atoms with Gasteiger partial charge in [-0.25, -0.2) is 0 Å². The van der Waals surface area contributed by atoms with Crippen LogP contribution >= 0.6 is 0 Å². The van der Waals surface area contributed by atoms with Crippen molar-refractivity contribution in [3.8, 4) is 11.5 Å². The number of benzene rings is 1. The summed E-state index contributed by atoms with van der Waals surface area (Å²) in [5.41, 5.74) is 0. The van der Waals surface area contributed by atoms with E-state index in [0.717, 1.165) is 12.8 Å². The molecule has 0 unspecified atom stereocenters. The first-order chi connectivity index (χ1) is 7.22. The quantitative estimate of drug-likeness (QED) is 0.321. The molecule has 3 nitrogen and oxygen atoms in total. The van der Waals surface area contributed by atoms with Gasteiger partial charge in [0.1, 0.15) is 5.75 Å². The van der Waals surface area contributed by atoms with Crippen molar-refractivity contribution in [1.29, 1.82) is 0 Å². The van der Waals surface area contributed by atoms with E-state index < -0.39 is 0 Å². The molecule has 0 aliphatic rings. The number of esters is 1. The van der Waals surface area contributed by atoms with Crippen LogP contribution < -0.4 is 4.74 Å². The van der Waals surface area contributed by atoms with Gasteiger partial charge in [-0.15, -0.1) is 6.58 Å². The number of ether oxygens (including phenoxy) is 1. The average Bonchev–Trinajstić information content (AvgIpc) is 2.22. The Labute approximate surface area is 89.0 Å². The summed E-state index contributed by atoms with van der Waals surface area (Å²) >= 11 is 0. The maximum Gasteiger partial charge on any atom is 0.311 e. The van der Waals surface area contributed by atoms with Gasteiger partial charge in [0.05, 0.1) is 0 Å². The molecule has 0 atom stereocenters. The van der Waals surface area contributed by atoms with Crippen molar-refractivity contribution in [1.82, 2.24) is 0 Å². The van der Waals surface area contributed by atoms with E-state index in [1.807, 2.05) is 0 Å². The van der Waals surface area contributed by atoms with Crippen molar-refractivity contribution in [2.75, 3.05) is 0 Å². The molecule has 3 heteroatoms. The molecule has 0 aromatic heterocycles. The number of hydrogen-bond donors (Lipinski definition) is 0. The van der Waals surface area contributed by atoms with E-state index in [1.54, 1.807) is 6.08 Å². The van der Waals surface area contributed by atoms with Gasteiger partial charge in [-0.05, 0) is 37.1 Å². The van der Waals surface area contributed by atoms with E-state index in [0.29, 0.717) is 12.2 Å². The first kappa shape index (κ1) is 11.3. The van der Waals surface area contributed by atoms with Crippen molar-refractivity contribution in [2.45, 2.75) is 19.3 Å². The lowest BCUT2D eigenvalue weighted by Crippen LogP contribution is -2.06. The summed E-state index contributed by atoms with van der Waals surface area (Å²) in [6.45, 7) is 3.56. The van der Waals surface area contributed by atoms with Crippen LogP contribution in [-0.2, 0) is 9.90 Å². The molecule has 0 heterocycles. The Morgan fingerprint density at radius 1 is 1.33 bits per heavy atom. The highest BCUT2D eigenvalue weighted by atomic mass is 16.5. The Morgan fingerprint density at radius 2 is 2.00 bits per heavy atom. The lowest BCUT2D eigenvalue weighted by molar-refractivity contribution is -0.134. The van der Waals surface area contributed by atoms with Crippen LogP contribution in [0.1, 0.15) is 19.3 Å². The van der Waals surface area contributed by atoms with Crippen LogP contribution in [0.3, 0.4) is 0 Å². The van der Waals surface area contributed by atoms with Crippen LogP contribution in [-0.4, -0.2) is 5.97 Å². The summed E-state index contributed by atoms with van der Waals surface area (Å²) in [4.78, 5) is 11.2. The first-order valence-electron chi connectivity index (χ1n) is 4.81. The van der Waals surface area contributed by atoms with Crippen LogP contribution in [0.4, 0.5) is 0 Å². The van der Waals surface area contributed by atoms with Crippen LogP contribution in [0.25, 0.3) is 0 Å². The van der Waals surface area contributed by atoms with Gasteiger partial charge >= 0.3 is 5.97 Å². The topological polar surface area (TPSA) is 46.2 Å². The van der Waals surface area contributed by atoms with Crippen LogP contribution in [0.2, 0.25) is 0 Å². The fourth-order valence-electron chi connectivity index (χ4n) is 1.08. The summed E-state index contributed by atoms with van der Waals surface area (Å²) < 4.78 is 5.00. The minimum atomic E-state index is -0.282. The van der Waals surface area contributed by atoms with E-state index in [2.05, 4.69) is 6.58 Å². The second kappa shape index (κ2) is 5.86. The third-order valence-electron chi connectivity index (χ3n) is 1.84. The summed E-state index contributed by atoms with van der Waals surface area (Å²) in [6, 6.07) is 5.72. The molecule has 0 fully saturated rings. The zero-order valence-corrected chi connectivity index (χ0v) is 8.44. The Bertz CT molecular complexity index is 327. The molecule has 0 N–H and O–H groups in total. The molecule has 0 saturated carbocycles. The van der Waals surface area contributed by atoms with E-state index >= 15 is 0 Å². The molecule has 15 heavy (non-hydrogen) atoms. The molecule has 1 radical (unpaired) electrons. The first-order valence-corrected chi connectivity index (χ1v) is 4.81. The van der Waals surface area contributed by atoms with E-state index in [4.69, 9.17) is 4.74 Å². The zero-order valence-electron chi connectivity index (χ0n) is 8.44. The SMILES string of the molecule is C=CCCCC(=O)Oc1ccc([O])cc1. The van der Waals surface area contributed by atoms with E-state index in [-0.39, 0.29) is 11.7 Å². The summed E-state index contributed by atoms with van der Waals surface area (Å²) in [5.74, 6) is 0.0372. The number of carbonyl (C=O) groups excluding carboxylic acids is 1. The smallest absolute Gasteiger partial charge is 0.311 e. The lowest BCUT2D eigenvalue weighted by atomic mass is 10.2. The number of allylic oxidation sites excluding steroid dienone is 1. The highest BCUT2D eigenvalue weighted by Crippen LogP contribution is 2.17. The van der Waals surface area contributed by atoms with Crippen molar-refractivity contribution < 1.29 is 14.6 Å². The van der Waals surface area contributed by atoms with Crippen molar-refractivity contribution in [3.05, 3.63) is 36.9 Å². The number of rotatable bonds is 5. The maximum absolute atomic E-state index is 11.2. The molecule has 1 aromatic carbocycles. The molecule has 0 aliphatic heterocycles. The minimum Gasteiger partial charge on any atom is -0.427 e. The average molecular weight is 205 g/mol. The van der Waals surface area contributed by atoms with Gasteiger partial charge in [0.25, 0.3) is 0 Å². The molecule has 79 valence electrons. The van der Waals surface area contributed by atoms with Crippen molar-refractivity contribution in [2.24, 2.45) is 0 Å². The molecule has 1 aromatic rings. The van der Waals surface area contributed by atoms with Gasteiger partial charge in [0.15, 0.2) is 5.75 Å². The fourth-order valence-corrected chi connectivity index (χ4v) is 1.08. The third-order valence-corrected chi connectivity index (χ3v) is 1.84. The second-order valence-electron chi connectivity index (χ2n) is 3.13. The molecule has 0 amide bonds. The van der Waals surface area contributed by atoms with Gasteiger partial charge in [-0.2, -0.15) is 0 Å². The molecular formula is C12H13O3. The van der Waals surface area contributed by atoms with Crippen LogP contribution in [0, 0.1) is 0 Å². The van der Waals surface area contributed by atoms with Crippen LogP contribution in [0.15, 0.2) is 36.9 Å². The predicted molar refractivity (Wildman–Crippen MR) is 56.3 cm³/mol. The van der Waals surface area contributed by atoms with Crippen LogP contribution in [0.5, 0.6) is 11.5 Å². The van der Waals surface area contributed by atoms with E-state index in [1.165, 1.54) is 24.3 Å². The molecule has 0 aliphatic carbocycles. The molecule has 1 rings (SSSR count). The standard InChI is InChI=1S/C12H13O3/c1-2-3-4-5-12(14)15-11-8-6-10(13)7-9-11/h2,6-9H,1,3-5H2. The Kier molecular flexibility index (Phi) is 4.41. The second-order valence-corrected chi connectivity index (χ2v) is 3.13. The van der Waals surface area contributed by atoms with Gasteiger partial charge in [-0.3, -0.25) is 9.90 Å². The Morgan fingerprint density at radius 3 is 2.60 bits per heavy atom. The minimum absolute atomic E-state index is 0.0959. The predicted octanol–water partition coefficient (Wildman–Crippen LogP) is 3.09. The number of carbonyl (C=O) groups is 1. The highest BCUT2D eigenvalue weighted by Gasteiger charge is 2.03. The van der Waals surface area contributed by atoms with Gasteiger partial charge < -0.3 is 4.74 Å². The maximum atomic E-state index is 11.2. The molecule has 0 bridgehead atoms. The van der Waals surface area contributed by atoms with Gasteiger partial charge in [0.2, 0.25) is 0 Å². The normalized spacial score (nSPS) is 9.60. The Hall–Kier alpha value is -1.77. The van der Waals surface area contributed by atoms with Crippen molar-refractivity contribution in [3.63, 3.8) is 0 Å². The summed E-state index contributed by atoms with van der Waals surface area (Å²) in [6.07, 6.45) is 3.67. The highest BCUT2D eigenvalue weighted by molar-refractivity contribution is 5.72. The third kappa shape index (κ3) is 4.31. The lowest BCUT2D eigenvalue weighted by Gasteiger charge is -2.02. The molecular weight excluding hydrogens is 192 g/mol. The molecule has 0 saturated heterocycles. The largest absolute Gasteiger partial charge is 0.427 e. The van der Waals surface area contributed by atoms with Gasteiger partial charge in [0, 0.05) is 6.42 Å². The summed E-state index contributed by atoms with van der Waals surface area (Å²) in [7, 11) is 0. The van der Waals surface area contributed by atoms with Gasteiger partial charge in [-0.1, -0.05) is 6.08 Å². The Balaban J connectivity index is 2.37. The fraction of sp³-hybridized carbons (Fsp3) is 0.250. The zero-order chi connectivity index (χ0) is 11.1. The molecule has 0 spiro atoms. The van der Waals surface area contributed by atoms with E-state index in [9.17, 15) is 9.90 Å². The number of hydrogen-bond acceptors (Lipinski definition) is 2. The summed E-state index contributed by atoms with van der Waals surface area (Å²) in [5, 5.41) is 10.8. The number of unbranched alkanes of at least 4 members (excludes halogenated alkanes) is 1. The van der Waals surface area contributed by atoms with Crippen molar-refractivity contribution >= 4 is 5.97 Å². The monoisotopic (exact) mass is 205 g/mol.